The summed E-state index contributed by atoms with van der Waals surface area (Å²) in [4.78, 5) is 30.5. The number of rotatable bonds is 9. The zero-order valence-electron chi connectivity index (χ0n) is 21.9. The van der Waals surface area contributed by atoms with Crippen LogP contribution in [0.2, 0.25) is 0 Å². The topological polar surface area (TPSA) is 96.0 Å². The molecule has 0 bridgehead atoms. The van der Waals surface area contributed by atoms with Gasteiger partial charge in [-0.15, -0.1) is 0 Å². The van der Waals surface area contributed by atoms with Crippen molar-refractivity contribution in [1.82, 2.24) is 9.80 Å². The molecule has 10 heteroatoms. The third kappa shape index (κ3) is 5.07. The number of carbonyl (C=O) groups is 2. The summed E-state index contributed by atoms with van der Waals surface area (Å²) in [6.45, 7) is 3.14. The Labute approximate surface area is 211 Å². The Morgan fingerprint density at radius 3 is 1.47 bits per heavy atom. The maximum Gasteiger partial charge on any atom is 0.254 e. The molecule has 1 heterocycles. The first-order chi connectivity index (χ1) is 17.4. The van der Waals surface area contributed by atoms with Crippen LogP contribution in [0.5, 0.6) is 34.5 Å². The second-order valence-corrected chi connectivity index (χ2v) is 8.14. The van der Waals surface area contributed by atoms with Crippen molar-refractivity contribution in [2.75, 3.05) is 62.3 Å². The lowest BCUT2D eigenvalue weighted by molar-refractivity contribution is 0.0379. The van der Waals surface area contributed by atoms with E-state index in [-0.39, 0.29) is 17.9 Å². The van der Waals surface area contributed by atoms with Crippen molar-refractivity contribution < 1.29 is 38.0 Å². The van der Waals surface area contributed by atoms with Gasteiger partial charge in [-0.05, 0) is 30.7 Å². The molecule has 1 atom stereocenters. The van der Waals surface area contributed by atoms with E-state index in [9.17, 15) is 9.59 Å². The van der Waals surface area contributed by atoms with Gasteiger partial charge in [0, 0.05) is 36.8 Å². The van der Waals surface area contributed by atoms with Crippen molar-refractivity contribution in [3.05, 3.63) is 35.4 Å². The number of piperazine rings is 1. The molecule has 3 rings (SSSR count). The van der Waals surface area contributed by atoms with Crippen LogP contribution in [0.4, 0.5) is 0 Å². The van der Waals surface area contributed by atoms with Crippen LogP contribution in [0.1, 0.15) is 34.1 Å². The molecule has 2 aromatic carbocycles. The lowest BCUT2D eigenvalue weighted by Gasteiger charge is -2.41. The predicted molar refractivity (Wildman–Crippen MR) is 133 cm³/mol. The van der Waals surface area contributed by atoms with Gasteiger partial charge < -0.3 is 38.2 Å². The second kappa shape index (κ2) is 11.7. The number of amides is 2. The van der Waals surface area contributed by atoms with Crippen LogP contribution in [0.25, 0.3) is 0 Å². The summed E-state index contributed by atoms with van der Waals surface area (Å²) < 4.78 is 32.3. The van der Waals surface area contributed by atoms with Gasteiger partial charge in [0.2, 0.25) is 11.5 Å². The van der Waals surface area contributed by atoms with Gasteiger partial charge in [0.05, 0.1) is 42.7 Å². The second-order valence-electron chi connectivity index (χ2n) is 8.14. The van der Waals surface area contributed by atoms with E-state index >= 15 is 0 Å². The highest BCUT2D eigenvalue weighted by Crippen LogP contribution is 2.40. The lowest BCUT2D eigenvalue weighted by atomic mass is 10.0. The highest BCUT2D eigenvalue weighted by atomic mass is 16.5. The summed E-state index contributed by atoms with van der Waals surface area (Å²) >= 11 is 0. The molecule has 196 valence electrons. The monoisotopic (exact) mass is 502 g/mol. The fourth-order valence-corrected chi connectivity index (χ4v) is 4.41. The van der Waals surface area contributed by atoms with E-state index in [1.54, 1.807) is 34.1 Å². The SMILES string of the molecule is CCC1CN(C(=O)c2cc(OC)c(OC)c(OC)c2)CCN1C(=O)c1cc(OC)c(OC)c(OC)c1. The molecular weight excluding hydrogens is 468 g/mol. The minimum atomic E-state index is -0.174. The lowest BCUT2D eigenvalue weighted by Crippen LogP contribution is -2.56. The van der Waals surface area contributed by atoms with Crippen molar-refractivity contribution in [3.8, 4) is 34.5 Å². The van der Waals surface area contributed by atoms with Crippen LogP contribution in [-0.4, -0.2) is 89.9 Å². The van der Waals surface area contributed by atoms with Crippen LogP contribution in [0.3, 0.4) is 0 Å². The van der Waals surface area contributed by atoms with Gasteiger partial charge in [-0.25, -0.2) is 0 Å². The summed E-state index contributed by atoms with van der Waals surface area (Å²) in [7, 11) is 9.05. The normalized spacial score (nSPS) is 15.2. The Morgan fingerprint density at radius 1 is 0.694 bits per heavy atom. The van der Waals surface area contributed by atoms with Gasteiger partial charge in [0.25, 0.3) is 11.8 Å². The van der Waals surface area contributed by atoms with Gasteiger partial charge in [0.1, 0.15) is 0 Å². The maximum absolute atomic E-state index is 13.5. The van der Waals surface area contributed by atoms with Crippen molar-refractivity contribution in [2.45, 2.75) is 19.4 Å². The van der Waals surface area contributed by atoms with Crippen molar-refractivity contribution in [2.24, 2.45) is 0 Å². The summed E-state index contributed by atoms with van der Waals surface area (Å²) in [5.41, 5.74) is 0.844. The van der Waals surface area contributed by atoms with E-state index in [2.05, 4.69) is 0 Å². The number of benzene rings is 2. The summed E-state index contributed by atoms with van der Waals surface area (Å²) in [6.07, 6.45) is 0.676. The van der Waals surface area contributed by atoms with E-state index in [1.165, 1.54) is 42.7 Å². The molecule has 36 heavy (non-hydrogen) atoms. The third-order valence-corrected chi connectivity index (χ3v) is 6.33. The molecule has 0 radical (unpaired) electrons. The van der Waals surface area contributed by atoms with Gasteiger partial charge in [0.15, 0.2) is 23.0 Å². The van der Waals surface area contributed by atoms with Gasteiger partial charge in [-0.3, -0.25) is 9.59 Å². The van der Waals surface area contributed by atoms with Crippen LogP contribution in [-0.2, 0) is 0 Å². The average molecular weight is 503 g/mol. The van der Waals surface area contributed by atoms with Gasteiger partial charge in [-0.2, -0.15) is 0 Å². The number of hydrogen-bond donors (Lipinski definition) is 0. The van der Waals surface area contributed by atoms with Gasteiger partial charge in [-0.1, -0.05) is 6.92 Å². The largest absolute Gasteiger partial charge is 0.493 e. The van der Waals surface area contributed by atoms with E-state index in [4.69, 9.17) is 28.4 Å². The van der Waals surface area contributed by atoms with E-state index in [0.717, 1.165) is 0 Å². The van der Waals surface area contributed by atoms with Crippen molar-refractivity contribution >= 4 is 11.8 Å². The minimum Gasteiger partial charge on any atom is -0.493 e. The molecule has 10 nitrogen and oxygen atoms in total. The Bertz CT molecular complexity index is 1050. The molecule has 0 saturated carbocycles. The number of methoxy groups -OCH3 is 6. The zero-order valence-corrected chi connectivity index (χ0v) is 21.9. The first-order valence-corrected chi connectivity index (χ1v) is 11.6. The standard InChI is InChI=1S/C26H34N2O8/c1-8-18-15-27(25(29)16-11-19(31-2)23(35-6)20(12-16)32-3)9-10-28(18)26(30)17-13-21(33-4)24(36-7)22(14-17)34-5/h11-14,18H,8-10,15H2,1-7H3. The van der Waals surface area contributed by atoms with E-state index in [1.807, 2.05) is 6.92 Å². The highest BCUT2D eigenvalue weighted by molar-refractivity contribution is 5.97. The first kappa shape index (κ1) is 26.8. The highest BCUT2D eigenvalue weighted by Gasteiger charge is 2.33. The van der Waals surface area contributed by atoms with E-state index < -0.39 is 0 Å². The van der Waals surface area contributed by atoms with E-state index in [0.29, 0.717) is 71.7 Å². The Kier molecular flexibility index (Phi) is 8.73. The molecule has 2 amide bonds. The number of carbonyl (C=O) groups excluding carboxylic acids is 2. The molecule has 1 aliphatic heterocycles. The molecule has 0 aliphatic carbocycles. The molecule has 0 N–H and O–H groups in total. The summed E-state index contributed by atoms with van der Waals surface area (Å²) in [5, 5.41) is 0. The maximum atomic E-state index is 13.5. The first-order valence-electron chi connectivity index (χ1n) is 11.6. The fraction of sp³-hybridized carbons (Fsp3) is 0.462. The van der Waals surface area contributed by atoms with Crippen molar-refractivity contribution in [1.29, 1.82) is 0 Å². The number of nitrogens with zero attached hydrogens (tertiary/aromatic N) is 2. The summed E-state index contributed by atoms with van der Waals surface area (Å²) in [6, 6.07) is 6.39. The van der Waals surface area contributed by atoms with Gasteiger partial charge >= 0.3 is 0 Å². The summed E-state index contributed by atoms with van der Waals surface area (Å²) in [5.74, 6) is 2.13. The zero-order chi connectivity index (χ0) is 26.4. The van der Waals surface area contributed by atoms with Crippen LogP contribution < -0.4 is 28.4 Å². The predicted octanol–water partition coefficient (Wildman–Crippen LogP) is 3.12. The molecule has 2 aromatic rings. The number of ether oxygens (including phenoxy) is 6. The Morgan fingerprint density at radius 2 is 1.11 bits per heavy atom. The Hall–Kier alpha value is -3.82. The van der Waals surface area contributed by atoms with Crippen molar-refractivity contribution in [3.63, 3.8) is 0 Å². The smallest absolute Gasteiger partial charge is 0.254 e. The van der Waals surface area contributed by atoms with Crippen LogP contribution >= 0.6 is 0 Å². The molecule has 1 unspecified atom stereocenters. The fourth-order valence-electron chi connectivity index (χ4n) is 4.41. The number of hydrogen-bond acceptors (Lipinski definition) is 8. The molecule has 0 spiro atoms. The molecular formula is C26H34N2O8. The quantitative estimate of drug-likeness (QED) is 0.516. The average Bonchev–Trinajstić information content (AvgIpc) is 2.93. The molecule has 1 aliphatic rings. The third-order valence-electron chi connectivity index (χ3n) is 6.33. The minimum absolute atomic E-state index is 0.166. The molecule has 0 aromatic heterocycles. The Balaban J connectivity index is 1.84. The van der Waals surface area contributed by atoms with Crippen LogP contribution in [0.15, 0.2) is 24.3 Å². The molecule has 1 fully saturated rings. The molecule has 1 saturated heterocycles. The van der Waals surface area contributed by atoms with Crippen LogP contribution in [0, 0.1) is 0 Å².